The van der Waals surface area contributed by atoms with Crippen LogP contribution in [0.1, 0.15) is 6.92 Å². The molecule has 24 heavy (non-hydrogen) atoms. The largest absolute Gasteiger partial charge is 0.391 e. The molecule has 2 aromatic rings. The standard InChI is InChI=1S/C17H23N3O3S/c1-2-20-16(22)14-5-3-4-6-15(14)18-17(20)24-12-13(21)11-19-7-9-23-10-8-19/h3-6,13,21H,2,7-12H2,1H3/t13-/m0/s1. The summed E-state index contributed by atoms with van der Waals surface area (Å²) in [7, 11) is 0. The number of aliphatic hydroxyl groups excluding tert-OH is 1. The molecule has 7 heteroatoms. The SMILES string of the molecule is CCn1c(SC[C@@H](O)CN2CCOCC2)nc2ccccc2c1=O. The van der Waals surface area contributed by atoms with Crippen LogP contribution >= 0.6 is 11.8 Å². The first-order valence-electron chi connectivity index (χ1n) is 8.29. The molecule has 0 radical (unpaired) electrons. The number of aromatic nitrogens is 2. The van der Waals surface area contributed by atoms with Gasteiger partial charge >= 0.3 is 0 Å². The minimum Gasteiger partial charge on any atom is -0.391 e. The van der Waals surface area contributed by atoms with Gasteiger partial charge in [-0.25, -0.2) is 4.98 Å². The molecular formula is C17H23N3O3S. The molecule has 1 saturated heterocycles. The summed E-state index contributed by atoms with van der Waals surface area (Å²) in [6.07, 6.45) is -0.457. The van der Waals surface area contributed by atoms with Gasteiger partial charge in [-0.1, -0.05) is 23.9 Å². The Morgan fingerprint density at radius 1 is 1.33 bits per heavy atom. The van der Waals surface area contributed by atoms with Crippen molar-refractivity contribution in [2.45, 2.75) is 24.7 Å². The van der Waals surface area contributed by atoms with Crippen molar-refractivity contribution in [3.8, 4) is 0 Å². The van der Waals surface area contributed by atoms with Crippen molar-refractivity contribution in [1.29, 1.82) is 0 Å². The van der Waals surface area contributed by atoms with Crippen molar-refractivity contribution in [3.63, 3.8) is 0 Å². The van der Waals surface area contributed by atoms with Gasteiger partial charge in [0, 0.05) is 31.9 Å². The molecule has 130 valence electrons. The van der Waals surface area contributed by atoms with Crippen LogP contribution in [0.15, 0.2) is 34.2 Å². The molecule has 0 spiro atoms. The van der Waals surface area contributed by atoms with E-state index in [9.17, 15) is 9.90 Å². The third-order valence-electron chi connectivity index (χ3n) is 4.12. The Bertz CT molecular complexity index is 743. The zero-order valence-corrected chi connectivity index (χ0v) is 14.7. The van der Waals surface area contributed by atoms with E-state index in [4.69, 9.17) is 4.74 Å². The van der Waals surface area contributed by atoms with Gasteiger partial charge in [0.05, 0.1) is 30.2 Å². The van der Waals surface area contributed by atoms with Gasteiger partial charge in [-0.2, -0.15) is 0 Å². The maximum Gasteiger partial charge on any atom is 0.262 e. The average Bonchev–Trinajstić information content (AvgIpc) is 2.61. The highest BCUT2D eigenvalue weighted by Gasteiger charge is 2.17. The lowest BCUT2D eigenvalue weighted by Crippen LogP contribution is -2.41. The summed E-state index contributed by atoms with van der Waals surface area (Å²) in [5, 5.41) is 11.6. The van der Waals surface area contributed by atoms with Gasteiger partial charge in [-0.15, -0.1) is 0 Å². The number of morpholine rings is 1. The highest BCUT2D eigenvalue weighted by atomic mass is 32.2. The fraction of sp³-hybridized carbons (Fsp3) is 0.529. The van der Waals surface area contributed by atoms with Crippen LogP contribution in [-0.4, -0.2) is 64.3 Å². The molecule has 1 aromatic heterocycles. The maximum atomic E-state index is 12.6. The van der Waals surface area contributed by atoms with Crippen LogP contribution < -0.4 is 5.56 Å². The predicted octanol–water partition coefficient (Wildman–Crippen LogP) is 1.20. The quantitative estimate of drug-likeness (QED) is 0.624. The van der Waals surface area contributed by atoms with Crippen molar-refractivity contribution in [2.75, 3.05) is 38.6 Å². The number of β-amino-alcohol motifs (C(OH)–C–C–N with tert-alkyl or cyclic N) is 1. The number of ether oxygens (including phenoxy) is 1. The smallest absolute Gasteiger partial charge is 0.262 e. The second kappa shape index (κ2) is 8.11. The number of hydrogen-bond donors (Lipinski definition) is 1. The molecule has 0 aliphatic carbocycles. The van der Waals surface area contributed by atoms with E-state index < -0.39 is 6.10 Å². The summed E-state index contributed by atoms with van der Waals surface area (Å²) in [5.41, 5.74) is 0.686. The molecule has 1 aliphatic rings. The molecule has 3 rings (SSSR count). The number of fused-ring (bicyclic) bond motifs is 1. The number of rotatable bonds is 6. The van der Waals surface area contributed by atoms with Crippen molar-refractivity contribution >= 4 is 22.7 Å². The fourth-order valence-electron chi connectivity index (χ4n) is 2.84. The van der Waals surface area contributed by atoms with E-state index in [1.165, 1.54) is 11.8 Å². The van der Waals surface area contributed by atoms with Crippen LogP contribution in [0.5, 0.6) is 0 Å². The van der Waals surface area contributed by atoms with Crippen LogP contribution in [0.3, 0.4) is 0 Å². The molecule has 2 heterocycles. The summed E-state index contributed by atoms with van der Waals surface area (Å²) in [6.45, 7) is 6.29. The number of aliphatic hydroxyl groups is 1. The molecular weight excluding hydrogens is 326 g/mol. The normalized spacial score (nSPS) is 17.2. The van der Waals surface area contributed by atoms with Crippen LogP contribution in [0.2, 0.25) is 0 Å². The molecule has 0 amide bonds. The van der Waals surface area contributed by atoms with Gasteiger partial charge in [0.2, 0.25) is 0 Å². The molecule has 1 fully saturated rings. The lowest BCUT2D eigenvalue weighted by molar-refractivity contribution is 0.0188. The van der Waals surface area contributed by atoms with Crippen LogP contribution in [0.4, 0.5) is 0 Å². The van der Waals surface area contributed by atoms with Crippen LogP contribution in [0, 0.1) is 0 Å². The van der Waals surface area contributed by atoms with Gasteiger partial charge in [0.1, 0.15) is 0 Å². The van der Waals surface area contributed by atoms with Crippen molar-refractivity contribution in [3.05, 3.63) is 34.6 Å². The Balaban J connectivity index is 1.71. The summed E-state index contributed by atoms with van der Waals surface area (Å²) in [4.78, 5) is 19.4. The molecule has 0 bridgehead atoms. The van der Waals surface area contributed by atoms with Crippen LogP contribution in [0.25, 0.3) is 10.9 Å². The molecule has 1 aromatic carbocycles. The minimum atomic E-state index is -0.457. The molecule has 0 unspecified atom stereocenters. The highest BCUT2D eigenvalue weighted by molar-refractivity contribution is 7.99. The van der Waals surface area contributed by atoms with E-state index in [0.717, 1.165) is 26.3 Å². The Labute approximate surface area is 145 Å². The summed E-state index contributed by atoms with van der Waals surface area (Å²) >= 11 is 1.44. The molecule has 1 atom stereocenters. The van der Waals surface area contributed by atoms with Crippen molar-refractivity contribution < 1.29 is 9.84 Å². The maximum absolute atomic E-state index is 12.6. The first-order chi connectivity index (χ1) is 11.7. The third-order valence-corrected chi connectivity index (χ3v) is 5.24. The third kappa shape index (κ3) is 3.97. The number of thioether (sulfide) groups is 1. The first kappa shape index (κ1) is 17.4. The van der Waals surface area contributed by atoms with Crippen LogP contribution in [-0.2, 0) is 11.3 Å². The zero-order valence-electron chi connectivity index (χ0n) is 13.9. The summed E-state index contributed by atoms with van der Waals surface area (Å²) < 4.78 is 6.99. The molecule has 0 saturated carbocycles. The predicted molar refractivity (Wildman–Crippen MR) is 95.7 cm³/mol. The van der Waals surface area contributed by atoms with E-state index in [-0.39, 0.29) is 5.56 Å². The van der Waals surface area contributed by atoms with Crippen molar-refractivity contribution in [2.24, 2.45) is 0 Å². The minimum absolute atomic E-state index is 0.0201. The monoisotopic (exact) mass is 349 g/mol. The van der Waals surface area contributed by atoms with Gasteiger partial charge in [-0.3, -0.25) is 14.3 Å². The van der Waals surface area contributed by atoms with E-state index >= 15 is 0 Å². The second-order valence-electron chi connectivity index (χ2n) is 5.84. The highest BCUT2D eigenvalue weighted by Crippen LogP contribution is 2.19. The number of hydrogen-bond acceptors (Lipinski definition) is 6. The van der Waals surface area contributed by atoms with E-state index in [2.05, 4.69) is 9.88 Å². The van der Waals surface area contributed by atoms with Gasteiger partial charge < -0.3 is 9.84 Å². The van der Waals surface area contributed by atoms with E-state index in [0.29, 0.717) is 34.9 Å². The summed E-state index contributed by atoms with van der Waals surface area (Å²) in [5.74, 6) is 0.516. The average molecular weight is 349 g/mol. The Hall–Kier alpha value is -1.41. The Kier molecular flexibility index (Phi) is 5.89. The van der Waals surface area contributed by atoms with Gasteiger partial charge in [0.15, 0.2) is 5.16 Å². The lowest BCUT2D eigenvalue weighted by atomic mass is 10.2. The fourth-order valence-corrected chi connectivity index (χ4v) is 3.82. The van der Waals surface area contributed by atoms with Crippen molar-refractivity contribution in [1.82, 2.24) is 14.5 Å². The molecule has 1 aliphatic heterocycles. The second-order valence-corrected chi connectivity index (χ2v) is 6.83. The Morgan fingerprint density at radius 2 is 2.08 bits per heavy atom. The van der Waals surface area contributed by atoms with Gasteiger partial charge in [0.25, 0.3) is 5.56 Å². The zero-order chi connectivity index (χ0) is 16.9. The number of benzene rings is 1. The molecule has 6 nitrogen and oxygen atoms in total. The summed E-state index contributed by atoms with van der Waals surface area (Å²) in [6, 6.07) is 7.39. The number of para-hydroxylation sites is 1. The molecule has 1 N–H and O–H groups in total. The number of nitrogens with zero attached hydrogens (tertiary/aromatic N) is 3. The van der Waals surface area contributed by atoms with E-state index in [1.54, 1.807) is 10.6 Å². The lowest BCUT2D eigenvalue weighted by Gasteiger charge is -2.28. The Morgan fingerprint density at radius 3 is 2.83 bits per heavy atom. The van der Waals surface area contributed by atoms with Gasteiger partial charge in [-0.05, 0) is 19.1 Å². The topological polar surface area (TPSA) is 67.6 Å². The van der Waals surface area contributed by atoms with E-state index in [1.807, 2.05) is 25.1 Å². The first-order valence-corrected chi connectivity index (χ1v) is 9.28.